The van der Waals surface area contributed by atoms with Crippen molar-refractivity contribution in [1.82, 2.24) is 4.90 Å². The summed E-state index contributed by atoms with van der Waals surface area (Å²) in [5.41, 5.74) is 3.18. The SMILES string of the molecule is COc1ccc(CN(C)C(=O)COc2cc(C)cc(C)c2)cc1OC. The van der Waals surface area contributed by atoms with Crippen molar-refractivity contribution in [2.24, 2.45) is 0 Å². The molecule has 0 aliphatic heterocycles. The first kappa shape index (κ1) is 18.6. The van der Waals surface area contributed by atoms with Crippen molar-refractivity contribution < 1.29 is 19.0 Å². The standard InChI is InChI=1S/C20H25NO4/c1-14-8-15(2)10-17(9-14)25-13-20(22)21(3)12-16-6-7-18(23-4)19(11-16)24-5/h6-11H,12-13H2,1-5H3. The maximum Gasteiger partial charge on any atom is 0.260 e. The van der Waals surface area contributed by atoms with Crippen molar-refractivity contribution in [2.75, 3.05) is 27.9 Å². The largest absolute Gasteiger partial charge is 0.493 e. The van der Waals surface area contributed by atoms with Crippen LogP contribution in [-0.4, -0.2) is 38.7 Å². The molecular weight excluding hydrogens is 318 g/mol. The number of ether oxygens (including phenoxy) is 3. The fraction of sp³-hybridized carbons (Fsp3) is 0.350. The van der Waals surface area contributed by atoms with Gasteiger partial charge in [-0.3, -0.25) is 4.79 Å². The van der Waals surface area contributed by atoms with Gasteiger partial charge in [-0.2, -0.15) is 0 Å². The lowest BCUT2D eigenvalue weighted by Crippen LogP contribution is -2.31. The van der Waals surface area contributed by atoms with E-state index in [0.717, 1.165) is 16.7 Å². The molecule has 5 nitrogen and oxygen atoms in total. The molecule has 2 aromatic rings. The molecule has 0 N–H and O–H groups in total. The van der Waals surface area contributed by atoms with Crippen LogP contribution in [0.15, 0.2) is 36.4 Å². The average Bonchev–Trinajstić information content (AvgIpc) is 2.58. The Morgan fingerprint density at radius 3 is 2.20 bits per heavy atom. The van der Waals surface area contributed by atoms with Gasteiger partial charge < -0.3 is 19.1 Å². The Morgan fingerprint density at radius 2 is 1.60 bits per heavy atom. The zero-order valence-electron chi connectivity index (χ0n) is 15.5. The molecule has 1 amide bonds. The van der Waals surface area contributed by atoms with Crippen molar-refractivity contribution in [2.45, 2.75) is 20.4 Å². The van der Waals surface area contributed by atoms with Crippen LogP contribution in [0.3, 0.4) is 0 Å². The third-order valence-electron chi connectivity index (χ3n) is 3.85. The van der Waals surface area contributed by atoms with Gasteiger partial charge in [0.2, 0.25) is 0 Å². The van der Waals surface area contributed by atoms with Gasteiger partial charge in [-0.25, -0.2) is 0 Å². The second kappa shape index (κ2) is 8.42. The van der Waals surface area contributed by atoms with Gasteiger partial charge in [0.1, 0.15) is 5.75 Å². The van der Waals surface area contributed by atoms with Crippen LogP contribution in [-0.2, 0) is 11.3 Å². The first-order chi connectivity index (χ1) is 11.9. The summed E-state index contributed by atoms with van der Waals surface area (Å²) in [7, 11) is 4.94. The number of hydrogen-bond acceptors (Lipinski definition) is 4. The first-order valence-corrected chi connectivity index (χ1v) is 8.09. The molecule has 2 rings (SSSR count). The zero-order valence-corrected chi connectivity index (χ0v) is 15.5. The first-order valence-electron chi connectivity index (χ1n) is 8.09. The van der Waals surface area contributed by atoms with E-state index in [0.29, 0.717) is 23.8 Å². The molecule has 0 aliphatic carbocycles. The molecule has 0 aliphatic rings. The molecule has 0 saturated heterocycles. The summed E-state index contributed by atoms with van der Waals surface area (Å²) in [5, 5.41) is 0. The van der Waals surface area contributed by atoms with Gasteiger partial charge in [0.25, 0.3) is 5.91 Å². The number of carbonyl (C=O) groups is 1. The summed E-state index contributed by atoms with van der Waals surface area (Å²) in [4.78, 5) is 13.9. The van der Waals surface area contributed by atoms with Gasteiger partial charge in [0, 0.05) is 13.6 Å². The van der Waals surface area contributed by atoms with Gasteiger partial charge >= 0.3 is 0 Å². The number of aryl methyl sites for hydroxylation is 2. The molecule has 0 atom stereocenters. The number of carbonyl (C=O) groups excluding carboxylic acids is 1. The molecule has 2 aromatic carbocycles. The molecule has 0 saturated carbocycles. The van der Waals surface area contributed by atoms with Crippen molar-refractivity contribution in [1.29, 1.82) is 0 Å². The second-order valence-electron chi connectivity index (χ2n) is 6.05. The molecule has 0 spiro atoms. The normalized spacial score (nSPS) is 10.3. The molecule has 25 heavy (non-hydrogen) atoms. The minimum absolute atomic E-state index is 0.00663. The Bertz CT molecular complexity index is 722. The van der Waals surface area contributed by atoms with E-state index in [4.69, 9.17) is 14.2 Å². The van der Waals surface area contributed by atoms with Crippen LogP contribution in [0, 0.1) is 13.8 Å². The topological polar surface area (TPSA) is 48.0 Å². The van der Waals surface area contributed by atoms with Crippen molar-refractivity contribution >= 4 is 5.91 Å². The number of likely N-dealkylation sites (N-methyl/N-ethyl adjacent to an activating group) is 1. The predicted molar refractivity (Wildman–Crippen MR) is 97.4 cm³/mol. The third-order valence-corrected chi connectivity index (χ3v) is 3.85. The lowest BCUT2D eigenvalue weighted by Gasteiger charge is -2.18. The zero-order chi connectivity index (χ0) is 18.4. The Kier molecular flexibility index (Phi) is 6.28. The number of amides is 1. The van der Waals surface area contributed by atoms with Gasteiger partial charge in [-0.1, -0.05) is 12.1 Å². The number of rotatable bonds is 7. The van der Waals surface area contributed by atoms with Gasteiger partial charge in [-0.05, 0) is 54.8 Å². The highest BCUT2D eigenvalue weighted by atomic mass is 16.5. The Morgan fingerprint density at radius 1 is 0.960 bits per heavy atom. The van der Waals surface area contributed by atoms with Crippen LogP contribution in [0.1, 0.15) is 16.7 Å². The fourth-order valence-corrected chi connectivity index (χ4v) is 2.61. The average molecular weight is 343 g/mol. The molecular formula is C20H25NO4. The Hall–Kier alpha value is -2.69. The van der Waals surface area contributed by atoms with Crippen LogP contribution in [0.4, 0.5) is 0 Å². The molecule has 0 bridgehead atoms. The molecule has 0 unspecified atom stereocenters. The molecule has 0 heterocycles. The fourth-order valence-electron chi connectivity index (χ4n) is 2.61. The van der Waals surface area contributed by atoms with E-state index >= 15 is 0 Å². The third kappa shape index (κ3) is 5.14. The van der Waals surface area contributed by atoms with E-state index in [9.17, 15) is 4.79 Å². The lowest BCUT2D eigenvalue weighted by atomic mass is 10.1. The van der Waals surface area contributed by atoms with E-state index in [1.54, 1.807) is 26.2 Å². The van der Waals surface area contributed by atoms with Gasteiger partial charge in [0.05, 0.1) is 14.2 Å². The van der Waals surface area contributed by atoms with Crippen molar-refractivity contribution in [3.05, 3.63) is 53.1 Å². The minimum atomic E-state index is -0.0889. The maximum absolute atomic E-state index is 12.3. The monoisotopic (exact) mass is 343 g/mol. The number of hydrogen-bond donors (Lipinski definition) is 0. The Labute approximate surface area is 149 Å². The molecule has 0 radical (unpaired) electrons. The van der Waals surface area contributed by atoms with E-state index in [1.165, 1.54) is 0 Å². The number of nitrogens with zero attached hydrogens (tertiary/aromatic N) is 1. The van der Waals surface area contributed by atoms with Crippen LogP contribution in [0.5, 0.6) is 17.2 Å². The van der Waals surface area contributed by atoms with E-state index in [-0.39, 0.29) is 12.5 Å². The minimum Gasteiger partial charge on any atom is -0.493 e. The maximum atomic E-state index is 12.3. The predicted octanol–water partition coefficient (Wildman–Crippen LogP) is 3.36. The van der Waals surface area contributed by atoms with Crippen molar-refractivity contribution in [3.8, 4) is 17.2 Å². The summed E-state index contributed by atoms with van der Waals surface area (Å²) in [6.07, 6.45) is 0. The molecule has 134 valence electrons. The van der Waals surface area contributed by atoms with Crippen LogP contribution in [0.2, 0.25) is 0 Å². The Balaban J connectivity index is 1.96. The second-order valence-corrected chi connectivity index (χ2v) is 6.05. The van der Waals surface area contributed by atoms with Gasteiger partial charge in [0.15, 0.2) is 18.1 Å². The van der Waals surface area contributed by atoms with E-state index < -0.39 is 0 Å². The summed E-state index contributed by atoms with van der Waals surface area (Å²) >= 11 is 0. The highest BCUT2D eigenvalue weighted by Crippen LogP contribution is 2.28. The van der Waals surface area contributed by atoms with Gasteiger partial charge in [-0.15, -0.1) is 0 Å². The summed E-state index contributed by atoms with van der Waals surface area (Å²) in [5.74, 6) is 1.94. The smallest absolute Gasteiger partial charge is 0.260 e. The molecule has 0 fully saturated rings. The highest BCUT2D eigenvalue weighted by molar-refractivity contribution is 5.77. The number of benzene rings is 2. The van der Waals surface area contributed by atoms with E-state index in [1.807, 2.05) is 44.2 Å². The molecule has 5 heteroatoms. The van der Waals surface area contributed by atoms with Crippen molar-refractivity contribution in [3.63, 3.8) is 0 Å². The van der Waals surface area contributed by atoms with Crippen LogP contribution >= 0.6 is 0 Å². The summed E-state index contributed by atoms with van der Waals surface area (Å²) < 4.78 is 16.2. The lowest BCUT2D eigenvalue weighted by molar-refractivity contribution is -0.132. The molecule has 0 aromatic heterocycles. The van der Waals surface area contributed by atoms with E-state index in [2.05, 4.69) is 6.07 Å². The summed E-state index contributed by atoms with van der Waals surface area (Å²) in [6, 6.07) is 11.5. The quantitative estimate of drug-likeness (QED) is 0.773. The van der Waals surface area contributed by atoms with Crippen LogP contribution in [0.25, 0.3) is 0 Å². The highest BCUT2D eigenvalue weighted by Gasteiger charge is 2.12. The number of methoxy groups -OCH3 is 2. The summed E-state index contributed by atoms with van der Waals surface area (Å²) in [6.45, 7) is 4.48. The van der Waals surface area contributed by atoms with Crippen LogP contribution < -0.4 is 14.2 Å².